The van der Waals surface area contributed by atoms with E-state index in [1.165, 1.54) is 0 Å². The largest absolute Gasteiger partial charge is 0.483 e. The summed E-state index contributed by atoms with van der Waals surface area (Å²) in [6.45, 7) is 3.66. The van der Waals surface area contributed by atoms with Gasteiger partial charge in [-0.15, -0.1) is 0 Å². The van der Waals surface area contributed by atoms with Gasteiger partial charge in [-0.1, -0.05) is 30.7 Å². The van der Waals surface area contributed by atoms with Crippen LogP contribution in [0, 0.1) is 6.92 Å². The molecule has 29 heavy (non-hydrogen) atoms. The third-order valence-electron chi connectivity index (χ3n) is 5.29. The SMILES string of the molecule is CCC1(c2ccc(NC(=O)COc3ccc(Cl)cc3C)cc2)CCC(=O)NC1=O. The van der Waals surface area contributed by atoms with E-state index in [-0.39, 0.29) is 24.3 Å². The van der Waals surface area contributed by atoms with Crippen LogP contribution in [0.5, 0.6) is 5.75 Å². The predicted octanol–water partition coefficient (Wildman–Crippen LogP) is 3.75. The van der Waals surface area contributed by atoms with Gasteiger partial charge in [0.2, 0.25) is 11.8 Å². The second-order valence-electron chi connectivity index (χ2n) is 7.14. The first-order valence-corrected chi connectivity index (χ1v) is 9.85. The van der Waals surface area contributed by atoms with Gasteiger partial charge in [0.1, 0.15) is 5.75 Å². The van der Waals surface area contributed by atoms with Crippen LogP contribution in [0.15, 0.2) is 42.5 Å². The molecule has 1 aliphatic rings. The molecule has 152 valence electrons. The molecule has 3 amide bonds. The molecule has 1 fully saturated rings. The number of imide groups is 1. The van der Waals surface area contributed by atoms with Crippen LogP contribution >= 0.6 is 11.6 Å². The van der Waals surface area contributed by atoms with Crippen LogP contribution in [0.4, 0.5) is 5.69 Å². The number of amides is 3. The van der Waals surface area contributed by atoms with E-state index in [4.69, 9.17) is 16.3 Å². The van der Waals surface area contributed by atoms with Crippen LogP contribution in [-0.2, 0) is 19.8 Å². The first-order chi connectivity index (χ1) is 13.8. The molecule has 2 aromatic carbocycles. The lowest BCUT2D eigenvalue weighted by Gasteiger charge is -2.35. The van der Waals surface area contributed by atoms with E-state index in [1.807, 2.05) is 26.0 Å². The van der Waals surface area contributed by atoms with Crippen molar-refractivity contribution >= 4 is 35.0 Å². The Bertz CT molecular complexity index is 942. The average molecular weight is 415 g/mol. The number of halogens is 1. The molecule has 1 heterocycles. The first kappa shape index (κ1) is 20.9. The number of hydrogen-bond donors (Lipinski definition) is 2. The molecule has 2 N–H and O–H groups in total. The van der Waals surface area contributed by atoms with E-state index in [0.29, 0.717) is 35.7 Å². The van der Waals surface area contributed by atoms with Gasteiger partial charge < -0.3 is 10.1 Å². The number of anilines is 1. The van der Waals surface area contributed by atoms with Crippen LogP contribution in [0.1, 0.15) is 37.3 Å². The van der Waals surface area contributed by atoms with Gasteiger partial charge in [-0.25, -0.2) is 0 Å². The second kappa shape index (κ2) is 8.66. The Morgan fingerprint density at radius 1 is 1.21 bits per heavy atom. The van der Waals surface area contributed by atoms with Crippen molar-refractivity contribution in [3.63, 3.8) is 0 Å². The van der Waals surface area contributed by atoms with Crippen molar-refractivity contribution in [3.05, 3.63) is 58.6 Å². The third kappa shape index (κ3) is 4.59. The van der Waals surface area contributed by atoms with Crippen LogP contribution in [0.25, 0.3) is 0 Å². The summed E-state index contributed by atoms with van der Waals surface area (Å²) in [5.74, 6) is -0.195. The highest BCUT2D eigenvalue weighted by Crippen LogP contribution is 2.36. The molecule has 3 rings (SSSR count). The van der Waals surface area contributed by atoms with Crippen LogP contribution in [0.3, 0.4) is 0 Å². The predicted molar refractivity (Wildman–Crippen MR) is 111 cm³/mol. The Morgan fingerprint density at radius 2 is 1.93 bits per heavy atom. The fourth-order valence-electron chi connectivity index (χ4n) is 3.55. The van der Waals surface area contributed by atoms with Crippen molar-refractivity contribution in [2.45, 2.75) is 38.5 Å². The summed E-state index contributed by atoms with van der Waals surface area (Å²) >= 11 is 5.92. The second-order valence-corrected chi connectivity index (χ2v) is 7.57. The van der Waals surface area contributed by atoms with Gasteiger partial charge >= 0.3 is 0 Å². The van der Waals surface area contributed by atoms with E-state index >= 15 is 0 Å². The molecule has 0 radical (unpaired) electrons. The van der Waals surface area contributed by atoms with Gasteiger partial charge in [0.05, 0.1) is 5.41 Å². The first-order valence-electron chi connectivity index (χ1n) is 9.47. The zero-order valence-electron chi connectivity index (χ0n) is 16.4. The molecule has 1 saturated heterocycles. The van der Waals surface area contributed by atoms with Gasteiger partial charge in [0.25, 0.3) is 5.91 Å². The minimum atomic E-state index is -0.717. The Balaban J connectivity index is 1.63. The minimum absolute atomic E-state index is 0.131. The molecule has 7 heteroatoms. The van der Waals surface area contributed by atoms with Crippen LogP contribution in [-0.4, -0.2) is 24.3 Å². The Kier molecular flexibility index (Phi) is 6.23. The van der Waals surface area contributed by atoms with E-state index in [9.17, 15) is 14.4 Å². The Labute approximate surface area is 174 Å². The molecule has 1 atom stereocenters. The molecular weight excluding hydrogens is 392 g/mol. The van der Waals surface area contributed by atoms with E-state index in [1.54, 1.807) is 30.3 Å². The highest BCUT2D eigenvalue weighted by molar-refractivity contribution is 6.30. The number of ether oxygens (including phenoxy) is 1. The van der Waals surface area contributed by atoms with Crippen molar-refractivity contribution in [2.24, 2.45) is 0 Å². The molecule has 6 nitrogen and oxygen atoms in total. The number of rotatable bonds is 6. The monoisotopic (exact) mass is 414 g/mol. The molecule has 0 saturated carbocycles. The molecule has 1 unspecified atom stereocenters. The highest BCUT2D eigenvalue weighted by atomic mass is 35.5. The van der Waals surface area contributed by atoms with Crippen molar-refractivity contribution in [1.29, 1.82) is 0 Å². The summed E-state index contributed by atoms with van der Waals surface area (Å²) < 4.78 is 5.55. The van der Waals surface area contributed by atoms with Crippen molar-refractivity contribution in [3.8, 4) is 5.75 Å². The zero-order chi connectivity index (χ0) is 21.0. The summed E-state index contributed by atoms with van der Waals surface area (Å²) in [4.78, 5) is 36.1. The van der Waals surface area contributed by atoms with Crippen LogP contribution < -0.4 is 15.4 Å². The van der Waals surface area contributed by atoms with E-state index in [0.717, 1.165) is 11.1 Å². The number of hydrogen-bond acceptors (Lipinski definition) is 4. The summed E-state index contributed by atoms with van der Waals surface area (Å²) in [5, 5.41) is 5.82. The number of carbonyl (C=O) groups excluding carboxylic acids is 3. The quantitative estimate of drug-likeness (QED) is 0.705. The average Bonchev–Trinajstić information content (AvgIpc) is 2.69. The zero-order valence-corrected chi connectivity index (χ0v) is 17.1. The number of benzene rings is 2. The fourth-order valence-corrected chi connectivity index (χ4v) is 3.78. The molecule has 0 aromatic heterocycles. The van der Waals surface area contributed by atoms with Gasteiger partial charge in [0.15, 0.2) is 6.61 Å². The number of carbonyl (C=O) groups is 3. The molecule has 0 spiro atoms. The molecular formula is C22H23ClN2O4. The maximum absolute atomic E-state index is 12.5. The van der Waals surface area contributed by atoms with Crippen molar-refractivity contribution in [1.82, 2.24) is 5.32 Å². The molecule has 2 aromatic rings. The summed E-state index contributed by atoms with van der Waals surface area (Å²) in [5.41, 5.74) is 1.57. The van der Waals surface area contributed by atoms with Crippen molar-refractivity contribution in [2.75, 3.05) is 11.9 Å². The minimum Gasteiger partial charge on any atom is -0.483 e. The lowest BCUT2D eigenvalue weighted by atomic mass is 9.72. The number of nitrogens with one attached hydrogen (secondary N) is 2. The number of piperidine rings is 1. The van der Waals surface area contributed by atoms with E-state index < -0.39 is 5.41 Å². The molecule has 0 aliphatic carbocycles. The summed E-state index contributed by atoms with van der Waals surface area (Å²) in [7, 11) is 0. The smallest absolute Gasteiger partial charge is 0.262 e. The van der Waals surface area contributed by atoms with Crippen LogP contribution in [0.2, 0.25) is 5.02 Å². The van der Waals surface area contributed by atoms with Gasteiger partial charge in [-0.2, -0.15) is 0 Å². The summed E-state index contributed by atoms with van der Waals surface area (Å²) in [6.07, 6.45) is 1.39. The maximum Gasteiger partial charge on any atom is 0.262 e. The van der Waals surface area contributed by atoms with Crippen molar-refractivity contribution < 1.29 is 19.1 Å². The fraction of sp³-hybridized carbons (Fsp3) is 0.318. The maximum atomic E-state index is 12.5. The van der Waals surface area contributed by atoms with Gasteiger partial charge in [0, 0.05) is 17.1 Å². The lowest BCUT2D eigenvalue weighted by molar-refractivity contribution is -0.138. The normalized spacial score (nSPS) is 18.9. The summed E-state index contributed by atoms with van der Waals surface area (Å²) in [6, 6.07) is 12.3. The third-order valence-corrected chi connectivity index (χ3v) is 5.52. The van der Waals surface area contributed by atoms with Gasteiger partial charge in [-0.3, -0.25) is 19.7 Å². The molecule has 0 bridgehead atoms. The van der Waals surface area contributed by atoms with E-state index in [2.05, 4.69) is 10.6 Å². The molecule has 1 aliphatic heterocycles. The highest BCUT2D eigenvalue weighted by Gasteiger charge is 2.42. The Morgan fingerprint density at radius 3 is 2.55 bits per heavy atom. The standard InChI is InChI=1S/C22H23ClN2O4/c1-3-22(11-10-19(26)25-21(22)28)15-4-7-17(8-5-15)24-20(27)13-29-18-9-6-16(23)12-14(18)2/h4-9,12H,3,10-11,13H2,1-2H3,(H,24,27)(H,25,26,28). The number of aryl methyl sites for hydroxylation is 1. The Hall–Kier alpha value is -2.86. The lowest BCUT2D eigenvalue weighted by Crippen LogP contribution is -2.51. The van der Waals surface area contributed by atoms with Gasteiger partial charge in [-0.05, 0) is 61.2 Å². The topological polar surface area (TPSA) is 84.5 Å².